The van der Waals surface area contributed by atoms with Crippen LogP contribution >= 0.6 is 0 Å². The molecule has 0 radical (unpaired) electrons. The van der Waals surface area contributed by atoms with E-state index in [2.05, 4.69) is 9.97 Å². The fourth-order valence-corrected chi connectivity index (χ4v) is 2.26. The van der Waals surface area contributed by atoms with Crippen LogP contribution in [-0.2, 0) is 0 Å². The Hall–Kier alpha value is -1.12. The Balaban J connectivity index is 2.40. The third-order valence-corrected chi connectivity index (χ3v) is 3.02. The van der Waals surface area contributed by atoms with Crippen molar-refractivity contribution in [3.05, 3.63) is 17.2 Å². The molecule has 3 heteroatoms. The molecule has 1 heterocycles. The smallest absolute Gasteiger partial charge is 0.125 e. The van der Waals surface area contributed by atoms with Gasteiger partial charge >= 0.3 is 0 Å². The average molecular weight is 191 g/mol. The topological polar surface area (TPSA) is 51.8 Å². The van der Waals surface area contributed by atoms with E-state index in [1.54, 1.807) is 0 Å². The molecule has 0 atom stereocenters. The zero-order valence-corrected chi connectivity index (χ0v) is 8.88. The van der Waals surface area contributed by atoms with E-state index in [-0.39, 0.29) is 0 Å². The van der Waals surface area contributed by atoms with Crippen molar-refractivity contribution in [2.24, 2.45) is 0 Å². The summed E-state index contributed by atoms with van der Waals surface area (Å²) < 4.78 is 0. The Morgan fingerprint density at radius 1 is 1.14 bits per heavy atom. The van der Waals surface area contributed by atoms with Crippen LogP contribution in [0.25, 0.3) is 0 Å². The minimum absolute atomic E-state index is 0.579. The maximum atomic E-state index is 6.01. The largest absolute Gasteiger partial charge is 0.396 e. The predicted octanol–water partition coefficient (Wildman–Crippen LogP) is 2.33. The van der Waals surface area contributed by atoms with Gasteiger partial charge in [0.2, 0.25) is 0 Å². The number of aromatic nitrogens is 2. The lowest BCUT2D eigenvalue weighted by atomic mass is 10.0. The van der Waals surface area contributed by atoms with Gasteiger partial charge in [0.1, 0.15) is 5.82 Å². The molecule has 2 N–H and O–H groups in total. The monoisotopic (exact) mass is 191 g/mol. The molecule has 1 aliphatic carbocycles. The van der Waals surface area contributed by atoms with E-state index in [0.717, 1.165) is 22.9 Å². The predicted molar refractivity (Wildman–Crippen MR) is 57.1 cm³/mol. The van der Waals surface area contributed by atoms with Gasteiger partial charge in [0, 0.05) is 5.92 Å². The van der Waals surface area contributed by atoms with Gasteiger partial charge in [-0.05, 0) is 26.7 Å². The Morgan fingerprint density at radius 2 is 1.79 bits per heavy atom. The Labute approximate surface area is 84.8 Å². The van der Waals surface area contributed by atoms with E-state index < -0.39 is 0 Å². The van der Waals surface area contributed by atoms with E-state index in [1.807, 2.05) is 13.8 Å². The van der Waals surface area contributed by atoms with Gasteiger partial charge in [0.25, 0.3) is 0 Å². The van der Waals surface area contributed by atoms with Crippen molar-refractivity contribution in [2.75, 3.05) is 5.73 Å². The van der Waals surface area contributed by atoms with E-state index in [9.17, 15) is 0 Å². The van der Waals surface area contributed by atoms with Crippen LogP contribution in [0.5, 0.6) is 0 Å². The van der Waals surface area contributed by atoms with Crippen LogP contribution in [0, 0.1) is 13.8 Å². The quantitative estimate of drug-likeness (QED) is 0.741. The first kappa shape index (κ1) is 9.44. The van der Waals surface area contributed by atoms with Gasteiger partial charge < -0.3 is 5.73 Å². The third-order valence-electron chi connectivity index (χ3n) is 3.02. The lowest BCUT2D eigenvalue weighted by Crippen LogP contribution is -2.08. The molecule has 1 aromatic heterocycles. The van der Waals surface area contributed by atoms with Crippen molar-refractivity contribution in [3.8, 4) is 0 Å². The summed E-state index contributed by atoms with van der Waals surface area (Å²) in [4.78, 5) is 8.75. The molecule has 1 aliphatic rings. The van der Waals surface area contributed by atoms with E-state index >= 15 is 0 Å². The van der Waals surface area contributed by atoms with Gasteiger partial charge in [0.05, 0.1) is 17.1 Å². The molecule has 0 bridgehead atoms. The third kappa shape index (κ3) is 1.59. The van der Waals surface area contributed by atoms with Crippen LogP contribution in [0.4, 0.5) is 5.69 Å². The molecular weight excluding hydrogens is 174 g/mol. The van der Waals surface area contributed by atoms with E-state index in [0.29, 0.717) is 5.92 Å². The molecule has 0 aliphatic heterocycles. The second-order valence-corrected chi connectivity index (χ2v) is 4.14. The summed E-state index contributed by atoms with van der Waals surface area (Å²) in [7, 11) is 0. The van der Waals surface area contributed by atoms with Crippen LogP contribution in [0.1, 0.15) is 48.8 Å². The first-order chi connectivity index (χ1) is 6.68. The van der Waals surface area contributed by atoms with Crippen molar-refractivity contribution in [2.45, 2.75) is 45.4 Å². The molecule has 0 aromatic carbocycles. The van der Waals surface area contributed by atoms with Gasteiger partial charge in [-0.25, -0.2) is 9.97 Å². The van der Waals surface area contributed by atoms with Gasteiger partial charge in [0.15, 0.2) is 0 Å². The summed E-state index contributed by atoms with van der Waals surface area (Å²) in [5, 5.41) is 0. The second kappa shape index (κ2) is 3.56. The molecule has 3 nitrogen and oxygen atoms in total. The highest BCUT2D eigenvalue weighted by molar-refractivity contribution is 5.48. The second-order valence-electron chi connectivity index (χ2n) is 4.14. The summed E-state index contributed by atoms with van der Waals surface area (Å²) in [6.45, 7) is 3.90. The van der Waals surface area contributed by atoms with Gasteiger partial charge in [-0.15, -0.1) is 0 Å². The van der Waals surface area contributed by atoms with Gasteiger partial charge in [-0.3, -0.25) is 0 Å². The average Bonchev–Trinajstić information content (AvgIpc) is 2.63. The molecule has 1 saturated carbocycles. The number of nitrogens with two attached hydrogens (primary N) is 1. The Morgan fingerprint density at radius 3 is 2.43 bits per heavy atom. The maximum Gasteiger partial charge on any atom is 0.125 e. The highest BCUT2D eigenvalue weighted by Crippen LogP contribution is 2.36. The van der Waals surface area contributed by atoms with Gasteiger partial charge in [-0.1, -0.05) is 12.8 Å². The highest BCUT2D eigenvalue weighted by atomic mass is 14.9. The molecule has 2 rings (SSSR count). The summed E-state index contributed by atoms with van der Waals surface area (Å²) in [5.74, 6) is 1.42. The lowest BCUT2D eigenvalue weighted by molar-refractivity contribution is 0.690. The first-order valence-corrected chi connectivity index (χ1v) is 5.29. The van der Waals surface area contributed by atoms with Gasteiger partial charge in [-0.2, -0.15) is 0 Å². The summed E-state index contributed by atoms with van der Waals surface area (Å²) >= 11 is 0. The maximum absolute atomic E-state index is 6.01. The first-order valence-electron chi connectivity index (χ1n) is 5.29. The zero-order chi connectivity index (χ0) is 10.1. The molecule has 0 amide bonds. The van der Waals surface area contributed by atoms with Crippen LogP contribution in [0.15, 0.2) is 0 Å². The Kier molecular flexibility index (Phi) is 2.40. The van der Waals surface area contributed by atoms with E-state index in [4.69, 9.17) is 5.73 Å². The molecule has 0 saturated heterocycles. The number of nitrogens with zero attached hydrogens (tertiary/aromatic N) is 2. The van der Waals surface area contributed by atoms with Crippen LogP contribution < -0.4 is 5.73 Å². The molecule has 1 aromatic rings. The fraction of sp³-hybridized carbons (Fsp3) is 0.636. The van der Waals surface area contributed by atoms with E-state index in [1.165, 1.54) is 25.7 Å². The highest BCUT2D eigenvalue weighted by Gasteiger charge is 2.21. The standard InChI is InChI=1S/C11H17N3/c1-7-10(12)11(14-8(2)13-7)9-5-3-4-6-9/h9H,3-6,12H2,1-2H3. The molecule has 76 valence electrons. The fourth-order valence-electron chi connectivity index (χ4n) is 2.26. The molecule has 0 unspecified atom stereocenters. The minimum atomic E-state index is 0.579. The molecule has 0 spiro atoms. The number of nitrogen functional groups attached to an aromatic ring is 1. The molecule has 14 heavy (non-hydrogen) atoms. The SMILES string of the molecule is Cc1nc(C)c(N)c(C2CCCC2)n1. The van der Waals surface area contributed by atoms with Crippen molar-refractivity contribution < 1.29 is 0 Å². The summed E-state index contributed by atoms with van der Waals surface area (Å²) in [6.07, 6.45) is 5.10. The van der Waals surface area contributed by atoms with Crippen LogP contribution in [0.2, 0.25) is 0 Å². The lowest BCUT2D eigenvalue weighted by Gasteiger charge is -2.13. The van der Waals surface area contributed by atoms with Crippen LogP contribution in [0.3, 0.4) is 0 Å². The Bertz CT molecular complexity index is 341. The van der Waals surface area contributed by atoms with Crippen molar-refractivity contribution in [3.63, 3.8) is 0 Å². The number of aryl methyl sites for hydroxylation is 2. The normalized spacial score (nSPS) is 17.6. The number of anilines is 1. The number of hydrogen-bond acceptors (Lipinski definition) is 3. The summed E-state index contributed by atoms with van der Waals surface area (Å²) in [5.41, 5.74) is 8.83. The minimum Gasteiger partial charge on any atom is -0.396 e. The molecule has 1 fully saturated rings. The summed E-state index contributed by atoms with van der Waals surface area (Å²) in [6, 6.07) is 0. The number of hydrogen-bond donors (Lipinski definition) is 1. The van der Waals surface area contributed by atoms with Crippen LogP contribution in [-0.4, -0.2) is 9.97 Å². The van der Waals surface area contributed by atoms with Crippen molar-refractivity contribution >= 4 is 5.69 Å². The number of rotatable bonds is 1. The zero-order valence-electron chi connectivity index (χ0n) is 8.88. The van der Waals surface area contributed by atoms with Crippen molar-refractivity contribution in [1.82, 2.24) is 9.97 Å². The molecular formula is C11H17N3. The van der Waals surface area contributed by atoms with Crippen molar-refractivity contribution in [1.29, 1.82) is 0 Å².